The van der Waals surface area contributed by atoms with Crippen LogP contribution in [0.25, 0.3) is 0 Å². The topological polar surface area (TPSA) is 71.1 Å². The predicted octanol–water partition coefficient (Wildman–Crippen LogP) is 7.87. The van der Waals surface area contributed by atoms with Crippen LogP contribution in [0.5, 0.6) is 0 Å². The number of halogens is 6. The maximum atomic E-state index is 14.5. The lowest BCUT2D eigenvalue weighted by molar-refractivity contribution is 0.0292. The molecule has 30 heavy (non-hydrogen) atoms. The third-order valence-electron chi connectivity index (χ3n) is 3.72. The highest BCUT2D eigenvalue weighted by atomic mass is 127. The molecule has 2 unspecified atom stereocenters. The Labute approximate surface area is 203 Å². The molecule has 14 heteroatoms. The van der Waals surface area contributed by atoms with Crippen molar-refractivity contribution in [1.29, 1.82) is 0 Å². The van der Waals surface area contributed by atoms with Crippen molar-refractivity contribution in [1.82, 2.24) is 0 Å². The summed E-state index contributed by atoms with van der Waals surface area (Å²) in [4.78, 5) is 0. The summed E-state index contributed by atoms with van der Waals surface area (Å²) in [6, 6.07) is 0. The largest absolute Gasteiger partial charge is 0.399 e. The van der Waals surface area contributed by atoms with Crippen LogP contribution in [-0.2, 0) is 27.2 Å². The molecule has 0 saturated heterocycles. The average Bonchev–Trinajstić information content (AvgIpc) is 2.60. The van der Waals surface area contributed by atoms with Crippen LogP contribution in [-0.4, -0.2) is 45.6 Å². The van der Waals surface area contributed by atoms with E-state index in [-0.39, 0.29) is 39.3 Å². The Morgan fingerprint density at radius 3 is 1.10 bits per heavy atom. The van der Waals surface area contributed by atoms with Gasteiger partial charge in [-0.15, -0.1) is 0 Å². The van der Waals surface area contributed by atoms with E-state index in [2.05, 4.69) is 0 Å². The first kappa shape index (κ1) is 31.5. The number of alkyl halides is 6. The van der Waals surface area contributed by atoms with Crippen LogP contribution < -0.4 is 0 Å². The Hall–Kier alpha value is 1.48. The molecule has 0 amide bonds. The maximum Gasteiger partial charge on any atom is 0.399 e. The second kappa shape index (κ2) is 14.0. The molecule has 0 aromatic heterocycles. The summed E-state index contributed by atoms with van der Waals surface area (Å²) in [5.41, 5.74) is -7.40. The highest BCUT2D eigenvalue weighted by Gasteiger charge is 2.55. The van der Waals surface area contributed by atoms with Gasteiger partial charge in [-0.1, -0.05) is 45.2 Å². The zero-order valence-electron chi connectivity index (χ0n) is 17.4. The van der Waals surface area contributed by atoms with Gasteiger partial charge in [0, 0.05) is 20.7 Å². The third-order valence-corrected chi connectivity index (χ3v) is 10.2. The fraction of sp³-hybridized carbons (Fsp3) is 1.00. The second-order valence-electron chi connectivity index (χ2n) is 6.18. The van der Waals surface area contributed by atoms with Gasteiger partial charge in [0.25, 0.3) is 0 Å². The Bertz CT molecular complexity index is 530. The van der Waals surface area contributed by atoms with Gasteiger partial charge >= 0.3 is 26.5 Å². The van der Waals surface area contributed by atoms with Gasteiger partial charge in [0.1, 0.15) is 0 Å². The van der Waals surface area contributed by atoms with Gasteiger partial charge in [0.15, 0.2) is 0 Å². The van der Waals surface area contributed by atoms with E-state index >= 15 is 0 Å². The van der Waals surface area contributed by atoms with Crippen LogP contribution in [0.15, 0.2) is 0 Å². The summed E-state index contributed by atoms with van der Waals surface area (Å²) in [7, 11) is -9.25. The number of hydrogen-bond donors (Lipinski definition) is 0. The van der Waals surface area contributed by atoms with E-state index in [0.717, 1.165) is 0 Å². The van der Waals surface area contributed by atoms with Crippen molar-refractivity contribution in [3.8, 4) is 0 Å². The van der Waals surface area contributed by atoms with Crippen LogP contribution in [0.4, 0.5) is 17.6 Å². The van der Waals surface area contributed by atoms with Crippen molar-refractivity contribution < 1.29 is 44.8 Å². The van der Waals surface area contributed by atoms with Crippen LogP contribution in [0.1, 0.15) is 53.4 Å². The van der Waals surface area contributed by atoms with E-state index < -0.39 is 47.2 Å². The zero-order valence-corrected chi connectivity index (χ0v) is 23.5. The van der Waals surface area contributed by atoms with Crippen LogP contribution in [0, 0.1) is 0 Å². The van der Waals surface area contributed by atoms with Crippen molar-refractivity contribution in [3.63, 3.8) is 0 Å². The molecule has 6 nitrogen and oxygen atoms in total. The van der Waals surface area contributed by atoms with Crippen molar-refractivity contribution in [2.24, 2.45) is 0 Å². The first-order valence-corrected chi connectivity index (χ1v) is 15.1. The molecule has 0 saturated carbocycles. The third kappa shape index (κ3) is 9.38. The molecule has 0 fully saturated rings. The molecule has 0 aromatic carbocycles. The number of rotatable bonds is 17. The molecule has 0 N–H and O–H groups in total. The summed E-state index contributed by atoms with van der Waals surface area (Å²) < 4.78 is 100. The lowest BCUT2D eigenvalue weighted by Crippen LogP contribution is -2.26. The van der Waals surface area contributed by atoms with E-state index in [9.17, 15) is 26.7 Å². The Morgan fingerprint density at radius 2 is 0.900 bits per heavy atom. The molecule has 0 bridgehead atoms. The molecule has 2 atom stereocenters. The van der Waals surface area contributed by atoms with E-state index in [1.54, 1.807) is 45.2 Å². The molecule has 0 radical (unpaired) electrons. The average molecular weight is 710 g/mol. The standard InChI is InChI=1S/C16H30F4I2O6P2/c1-5-25-29(23,26-6-2)15(17,18)11-13(21)9-10-14(22)12-16(19,20)30(24,27-7-3)28-8-4/h13-14H,5-12H2,1-4H3. The molecule has 0 aromatic rings. The molecular weight excluding hydrogens is 680 g/mol. The Kier molecular flexibility index (Phi) is 14.7. The van der Waals surface area contributed by atoms with Gasteiger partial charge in [-0.25, -0.2) is 0 Å². The highest BCUT2D eigenvalue weighted by Crippen LogP contribution is 2.65. The van der Waals surface area contributed by atoms with Crippen molar-refractivity contribution in [3.05, 3.63) is 0 Å². The molecule has 182 valence electrons. The smallest absolute Gasteiger partial charge is 0.305 e. The van der Waals surface area contributed by atoms with Crippen molar-refractivity contribution in [2.75, 3.05) is 26.4 Å². The Balaban J connectivity index is 4.96. The predicted molar refractivity (Wildman–Crippen MR) is 126 cm³/mol. The molecule has 0 aliphatic heterocycles. The maximum absolute atomic E-state index is 14.5. The van der Waals surface area contributed by atoms with Gasteiger partial charge in [0.2, 0.25) is 0 Å². The Morgan fingerprint density at radius 1 is 0.667 bits per heavy atom. The van der Waals surface area contributed by atoms with E-state index in [4.69, 9.17) is 18.1 Å². The van der Waals surface area contributed by atoms with Gasteiger partial charge in [-0.3, -0.25) is 9.13 Å². The summed E-state index contributed by atoms with van der Waals surface area (Å²) in [5, 5.41) is 0. The summed E-state index contributed by atoms with van der Waals surface area (Å²) in [6.45, 7) is 4.99. The molecule has 0 heterocycles. The fourth-order valence-electron chi connectivity index (χ4n) is 2.45. The first-order valence-electron chi connectivity index (χ1n) is 9.56. The lowest BCUT2D eigenvalue weighted by Gasteiger charge is -2.28. The minimum absolute atomic E-state index is 0.158. The minimum atomic E-state index is -4.62. The van der Waals surface area contributed by atoms with Gasteiger partial charge in [-0.05, 0) is 40.5 Å². The highest BCUT2D eigenvalue weighted by molar-refractivity contribution is 14.1. The summed E-state index contributed by atoms with van der Waals surface area (Å²) in [6.07, 6.45) is -1.24. The van der Waals surface area contributed by atoms with Crippen molar-refractivity contribution in [2.45, 2.75) is 72.6 Å². The van der Waals surface area contributed by atoms with Crippen LogP contribution in [0.2, 0.25) is 0 Å². The fourth-order valence-corrected chi connectivity index (χ4v) is 8.13. The normalized spacial score (nSPS) is 15.9. The summed E-state index contributed by atoms with van der Waals surface area (Å²) in [5.74, 6) is 0. The minimum Gasteiger partial charge on any atom is -0.305 e. The van der Waals surface area contributed by atoms with Gasteiger partial charge < -0.3 is 18.1 Å². The van der Waals surface area contributed by atoms with Crippen LogP contribution >= 0.6 is 60.4 Å². The van der Waals surface area contributed by atoms with E-state index in [0.29, 0.717) is 0 Å². The van der Waals surface area contributed by atoms with Crippen LogP contribution in [0.3, 0.4) is 0 Å². The zero-order chi connectivity index (χ0) is 23.6. The summed E-state index contributed by atoms with van der Waals surface area (Å²) >= 11 is 3.54. The van der Waals surface area contributed by atoms with E-state index in [1.807, 2.05) is 0 Å². The van der Waals surface area contributed by atoms with Crippen molar-refractivity contribution >= 4 is 60.4 Å². The molecule has 0 rings (SSSR count). The molecular formula is C16H30F4I2O6P2. The van der Waals surface area contributed by atoms with Gasteiger partial charge in [0.05, 0.1) is 26.4 Å². The molecule has 0 aliphatic carbocycles. The second-order valence-corrected chi connectivity index (χ2v) is 14.0. The first-order chi connectivity index (χ1) is 13.7. The SMILES string of the molecule is CCOP(=O)(OCC)C(F)(F)CC(I)CCC(I)CC(F)(F)P(=O)(OCC)OCC. The van der Waals surface area contributed by atoms with Gasteiger partial charge in [-0.2, -0.15) is 17.6 Å². The van der Waals surface area contributed by atoms with E-state index in [1.165, 1.54) is 27.7 Å². The number of hydrogen-bond acceptors (Lipinski definition) is 6. The monoisotopic (exact) mass is 710 g/mol. The lowest BCUT2D eigenvalue weighted by atomic mass is 10.1. The molecule has 0 aliphatic rings. The molecule has 0 spiro atoms. The quantitative estimate of drug-likeness (QED) is 0.0663.